The van der Waals surface area contributed by atoms with Crippen molar-refractivity contribution in [3.05, 3.63) is 59.3 Å². The first-order chi connectivity index (χ1) is 17.9. The monoisotopic (exact) mass is 542 g/mol. The third-order valence-corrected chi connectivity index (χ3v) is 8.36. The molecule has 204 valence electrons. The molecule has 0 bridgehead atoms. The van der Waals surface area contributed by atoms with Gasteiger partial charge in [0.1, 0.15) is 11.4 Å². The van der Waals surface area contributed by atoms with Crippen LogP contribution >= 0.6 is 0 Å². The fourth-order valence-electron chi connectivity index (χ4n) is 4.82. The van der Waals surface area contributed by atoms with Gasteiger partial charge in [-0.15, -0.1) is 0 Å². The number of carbonyl (C=O) groups is 2. The van der Waals surface area contributed by atoms with E-state index < -0.39 is 33.7 Å². The van der Waals surface area contributed by atoms with Crippen molar-refractivity contribution >= 4 is 33.0 Å². The summed E-state index contributed by atoms with van der Waals surface area (Å²) in [7, 11) is -2.47. The molecule has 1 aliphatic rings. The van der Waals surface area contributed by atoms with Gasteiger partial charge in [0, 0.05) is 11.9 Å². The minimum Gasteiger partial charge on any atom is -0.497 e. The predicted molar refractivity (Wildman–Crippen MR) is 143 cm³/mol. The first-order valence-electron chi connectivity index (χ1n) is 12.6. The Kier molecular flexibility index (Phi) is 7.58. The SMILES string of the molecule is CCOC(=O)CC1c2c(c3cc(OC)ccc3n2C(=O)OC(C)(C)C)CCN1S(=O)(=O)c1ccc(C)cc1. The van der Waals surface area contributed by atoms with Gasteiger partial charge >= 0.3 is 12.1 Å². The van der Waals surface area contributed by atoms with Crippen LogP contribution in [0, 0.1) is 6.92 Å². The van der Waals surface area contributed by atoms with E-state index in [1.54, 1.807) is 71.2 Å². The Hall–Kier alpha value is -3.37. The van der Waals surface area contributed by atoms with Gasteiger partial charge in [0.15, 0.2) is 0 Å². The number of fused-ring (bicyclic) bond motifs is 3. The summed E-state index contributed by atoms with van der Waals surface area (Å²) in [4.78, 5) is 26.5. The molecule has 38 heavy (non-hydrogen) atoms. The van der Waals surface area contributed by atoms with E-state index >= 15 is 0 Å². The molecular weight excluding hydrogens is 508 g/mol. The highest BCUT2D eigenvalue weighted by molar-refractivity contribution is 7.89. The number of sulfonamides is 1. The van der Waals surface area contributed by atoms with Crippen LogP contribution in [0.3, 0.4) is 0 Å². The fourth-order valence-corrected chi connectivity index (χ4v) is 6.41. The van der Waals surface area contributed by atoms with Crippen LogP contribution in [0.15, 0.2) is 47.4 Å². The molecule has 0 aliphatic carbocycles. The zero-order valence-electron chi connectivity index (χ0n) is 22.6. The number of rotatable bonds is 6. The first kappa shape index (κ1) is 27.7. The number of hydrogen-bond acceptors (Lipinski definition) is 7. The van der Waals surface area contributed by atoms with Crippen LogP contribution in [0.25, 0.3) is 10.9 Å². The molecule has 0 fully saturated rings. The molecule has 0 spiro atoms. The van der Waals surface area contributed by atoms with E-state index in [0.717, 1.165) is 16.5 Å². The minimum atomic E-state index is -4.02. The molecule has 2 heterocycles. The van der Waals surface area contributed by atoms with E-state index in [9.17, 15) is 18.0 Å². The first-order valence-corrected chi connectivity index (χ1v) is 14.0. The minimum absolute atomic E-state index is 0.113. The predicted octanol–water partition coefficient (Wildman–Crippen LogP) is 4.98. The van der Waals surface area contributed by atoms with E-state index in [0.29, 0.717) is 23.4 Å². The molecule has 10 heteroatoms. The largest absolute Gasteiger partial charge is 0.497 e. The standard InChI is InChI=1S/C28H34N2O7S/c1-7-36-25(31)17-24-26-21(14-15-29(24)38(33,34)20-11-8-18(2)9-12-20)22-16-19(35-6)10-13-23(22)30(26)27(32)37-28(3,4)5/h8-13,16,24H,7,14-15,17H2,1-6H3. The second-order valence-electron chi connectivity index (χ2n) is 10.3. The van der Waals surface area contributed by atoms with Gasteiger partial charge in [-0.2, -0.15) is 4.31 Å². The zero-order chi connectivity index (χ0) is 27.8. The van der Waals surface area contributed by atoms with Gasteiger partial charge in [0.25, 0.3) is 0 Å². The van der Waals surface area contributed by atoms with Crippen molar-refractivity contribution in [1.29, 1.82) is 0 Å². The summed E-state index contributed by atoms with van der Waals surface area (Å²) in [6.45, 7) is 9.12. The molecule has 9 nitrogen and oxygen atoms in total. The number of hydrogen-bond donors (Lipinski definition) is 0. The van der Waals surface area contributed by atoms with Gasteiger partial charge in [-0.1, -0.05) is 17.7 Å². The fraction of sp³-hybridized carbons (Fsp3) is 0.429. The highest BCUT2D eigenvalue weighted by Crippen LogP contribution is 2.42. The Labute approximate surface area is 223 Å². The summed E-state index contributed by atoms with van der Waals surface area (Å²) < 4.78 is 46.9. The molecular formula is C28H34N2O7S. The third kappa shape index (κ3) is 5.28. The van der Waals surface area contributed by atoms with E-state index in [1.807, 2.05) is 13.0 Å². The summed E-state index contributed by atoms with van der Waals surface area (Å²) in [5.74, 6) is 0.0336. The smallest absolute Gasteiger partial charge is 0.419 e. The lowest BCUT2D eigenvalue weighted by Gasteiger charge is -2.35. The number of aromatic nitrogens is 1. The van der Waals surface area contributed by atoms with Gasteiger partial charge in [0.2, 0.25) is 10.0 Å². The van der Waals surface area contributed by atoms with Crippen LogP contribution in [0.1, 0.15) is 57.0 Å². The maximum atomic E-state index is 13.9. The van der Waals surface area contributed by atoms with Gasteiger partial charge < -0.3 is 14.2 Å². The summed E-state index contributed by atoms with van der Waals surface area (Å²) in [6.07, 6.45) is -0.584. The van der Waals surface area contributed by atoms with E-state index in [-0.39, 0.29) is 24.5 Å². The lowest BCUT2D eigenvalue weighted by Crippen LogP contribution is -2.42. The van der Waals surface area contributed by atoms with Gasteiger partial charge in [0.05, 0.1) is 42.3 Å². The van der Waals surface area contributed by atoms with Crippen molar-refractivity contribution in [1.82, 2.24) is 8.87 Å². The maximum Gasteiger partial charge on any atom is 0.419 e. The quantitative estimate of drug-likeness (QED) is 0.405. The molecule has 1 aliphatic heterocycles. The van der Waals surface area contributed by atoms with Crippen LogP contribution < -0.4 is 4.74 Å². The highest BCUT2D eigenvalue weighted by atomic mass is 32.2. The maximum absolute atomic E-state index is 13.9. The average molecular weight is 543 g/mol. The molecule has 4 rings (SSSR count). The normalized spacial score (nSPS) is 16.2. The van der Waals surface area contributed by atoms with Crippen molar-refractivity contribution < 1.29 is 32.2 Å². The summed E-state index contributed by atoms with van der Waals surface area (Å²) >= 11 is 0. The van der Waals surface area contributed by atoms with Gasteiger partial charge in [-0.05, 0) is 76.9 Å². The molecule has 2 aromatic carbocycles. The topological polar surface area (TPSA) is 104 Å². The number of nitrogens with zero attached hydrogens (tertiary/aromatic N) is 2. The third-order valence-electron chi connectivity index (χ3n) is 6.43. The Morgan fingerprint density at radius 1 is 1.08 bits per heavy atom. The number of aryl methyl sites for hydroxylation is 1. The Bertz CT molecular complexity index is 1470. The summed E-state index contributed by atoms with van der Waals surface area (Å²) in [5, 5.41) is 0.742. The van der Waals surface area contributed by atoms with Crippen LogP contribution in [-0.2, 0) is 30.7 Å². The van der Waals surface area contributed by atoms with Crippen molar-refractivity contribution in [2.24, 2.45) is 0 Å². The average Bonchev–Trinajstić information content (AvgIpc) is 3.17. The lowest BCUT2D eigenvalue weighted by atomic mass is 9.97. The molecule has 0 saturated heterocycles. The van der Waals surface area contributed by atoms with Crippen molar-refractivity contribution in [2.75, 3.05) is 20.3 Å². The Balaban J connectivity index is 1.97. The van der Waals surface area contributed by atoms with Crippen molar-refractivity contribution in [2.45, 2.75) is 64.0 Å². The van der Waals surface area contributed by atoms with E-state index in [1.165, 1.54) is 8.87 Å². The number of esters is 1. The van der Waals surface area contributed by atoms with Gasteiger partial charge in [-0.3, -0.25) is 4.79 Å². The number of carbonyl (C=O) groups excluding carboxylic acids is 2. The Morgan fingerprint density at radius 2 is 1.76 bits per heavy atom. The van der Waals surface area contributed by atoms with Gasteiger partial charge in [-0.25, -0.2) is 17.8 Å². The molecule has 1 aromatic heterocycles. The lowest BCUT2D eigenvalue weighted by molar-refractivity contribution is -0.144. The molecule has 1 atom stereocenters. The summed E-state index contributed by atoms with van der Waals surface area (Å²) in [5.41, 5.74) is 1.85. The van der Waals surface area contributed by atoms with Crippen LogP contribution in [0.4, 0.5) is 4.79 Å². The number of benzene rings is 2. The Morgan fingerprint density at radius 3 is 2.37 bits per heavy atom. The van der Waals surface area contributed by atoms with Crippen molar-refractivity contribution in [3.8, 4) is 5.75 Å². The molecule has 0 saturated carbocycles. The highest BCUT2D eigenvalue weighted by Gasteiger charge is 2.42. The number of ether oxygens (including phenoxy) is 3. The summed E-state index contributed by atoms with van der Waals surface area (Å²) in [6, 6.07) is 10.9. The molecule has 1 unspecified atom stereocenters. The van der Waals surface area contributed by atoms with E-state index in [4.69, 9.17) is 14.2 Å². The van der Waals surface area contributed by atoms with Crippen LogP contribution in [-0.4, -0.2) is 55.2 Å². The van der Waals surface area contributed by atoms with Crippen LogP contribution in [0.2, 0.25) is 0 Å². The van der Waals surface area contributed by atoms with E-state index in [2.05, 4.69) is 0 Å². The van der Waals surface area contributed by atoms with Crippen LogP contribution in [0.5, 0.6) is 5.75 Å². The second kappa shape index (κ2) is 10.4. The second-order valence-corrected chi connectivity index (χ2v) is 12.2. The zero-order valence-corrected chi connectivity index (χ0v) is 23.4. The number of methoxy groups -OCH3 is 1. The van der Waals surface area contributed by atoms with Crippen molar-refractivity contribution in [3.63, 3.8) is 0 Å². The molecule has 0 amide bonds. The molecule has 3 aromatic rings. The molecule has 0 N–H and O–H groups in total. The molecule has 0 radical (unpaired) electrons.